The minimum atomic E-state index is -0.268. The first kappa shape index (κ1) is 19.6. The van der Waals surface area contributed by atoms with Crippen molar-refractivity contribution in [2.24, 2.45) is 5.92 Å². The summed E-state index contributed by atoms with van der Waals surface area (Å²) in [6.45, 7) is 6.28. The molecule has 5 heteroatoms. The summed E-state index contributed by atoms with van der Waals surface area (Å²) < 4.78 is 0.946. The van der Waals surface area contributed by atoms with E-state index in [-0.39, 0.29) is 11.8 Å². The molecule has 0 aliphatic rings. The Bertz CT molecular complexity index is 744. The molecule has 0 spiro atoms. The van der Waals surface area contributed by atoms with Crippen molar-refractivity contribution < 1.29 is 4.79 Å². The summed E-state index contributed by atoms with van der Waals surface area (Å²) in [5.74, 6) is 0.229. The van der Waals surface area contributed by atoms with Gasteiger partial charge in [-0.1, -0.05) is 60.1 Å². The molecular weight excluding hydrogens is 396 g/mol. The predicted octanol–water partition coefficient (Wildman–Crippen LogP) is 5.26. The Balaban J connectivity index is 1.94. The summed E-state index contributed by atoms with van der Waals surface area (Å²) >= 11 is 8.64. The third-order valence-electron chi connectivity index (χ3n) is 3.84. The second kappa shape index (κ2) is 9.11. The van der Waals surface area contributed by atoms with Crippen LogP contribution >= 0.6 is 28.1 Å². The molecule has 2 rings (SSSR count). The number of hydrogen-bond acceptors (Lipinski definition) is 2. The number of carbonyl (C=O) groups is 1. The maximum atomic E-state index is 12.4. The summed E-state index contributed by atoms with van der Waals surface area (Å²) in [4.78, 5) is 12.4. The lowest BCUT2D eigenvalue weighted by atomic mass is 9.96. The molecule has 0 fully saturated rings. The highest BCUT2D eigenvalue weighted by Gasteiger charge is 2.16. The number of nitrogens with one attached hydrogen (secondary N) is 2. The summed E-state index contributed by atoms with van der Waals surface area (Å²) in [7, 11) is 0. The van der Waals surface area contributed by atoms with Gasteiger partial charge in [0.15, 0.2) is 5.11 Å². The highest BCUT2D eigenvalue weighted by atomic mass is 79.9. The van der Waals surface area contributed by atoms with Crippen molar-refractivity contribution in [1.29, 1.82) is 0 Å². The molecule has 25 heavy (non-hydrogen) atoms. The van der Waals surface area contributed by atoms with Gasteiger partial charge in [-0.05, 0) is 60.8 Å². The quantitative estimate of drug-likeness (QED) is 0.650. The number of benzene rings is 2. The molecule has 132 valence electrons. The van der Waals surface area contributed by atoms with E-state index in [1.807, 2.05) is 43.3 Å². The summed E-state index contributed by atoms with van der Waals surface area (Å²) in [6, 6.07) is 15.8. The SMILES string of the molecule is CC(C)Cc1ccc(C(C)C(=O)NC(=S)Nc2cccc(Br)c2)cc1. The van der Waals surface area contributed by atoms with Gasteiger partial charge in [0.1, 0.15) is 0 Å². The van der Waals surface area contributed by atoms with Gasteiger partial charge in [-0.2, -0.15) is 0 Å². The van der Waals surface area contributed by atoms with Crippen molar-refractivity contribution in [2.45, 2.75) is 33.1 Å². The fourth-order valence-corrected chi connectivity index (χ4v) is 3.13. The topological polar surface area (TPSA) is 41.1 Å². The number of carbonyl (C=O) groups excluding carboxylic acids is 1. The van der Waals surface area contributed by atoms with Crippen LogP contribution in [0.5, 0.6) is 0 Å². The molecule has 0 aliphatic heterocycles. The van der Waals surface area contributed by atoms with Crippen molar-refractivity contribution in [3.63, 3.8) is 0 Å². The summed E-state index contributed by atoms with van der Waals surface area (Å²) in [6.07, 6.45) is 1.04. The van der Waals surface area contributed by atoms with E-state index in [2.05, 4.69) is 52.5 Å². The van der Waals surface area contributed by atoms with E-state index in [9.17, 15) is 4.79 Å². The molecule has 2 aromatic rings. The molecule has 1 atom stereocenters. The molecule has 0 aromatic heterocycles. The number of anilines is 1. The van der Waals surface area contributed by atoms with Crippen molar-refractivity contribution >= 4 is 44.9 Å². The van der Waals surface area contributed by atoms with Crippen LogP contribution in [0.15, 0.2) is 53.0 Å². The van der Waals surface area contributed by atoms with E-state index in [0.29, 0.717) is 11.0 Å². The lowest BCUT2D eigenvalue weighted by Gasteiger charge is -2.15. The van der Waals surface area contributed by atoms with Gasteiger partial charge in [0, 0.05) is 10.2 Å². The van der Waals surface area contributed by atoms with E-state index >= 15 is 0 Å². The van der Waals surface area contributed by atoms with E-state index in [1.54, 1.807) is 0 Å². The van der Waals surface area contributed by atoms with Gasteiger partial charge in [0.25, 0.3) is 0 Å². The van der Waals surface area contributed by atoms with Crippen LogP contribution in [0, 0.1) is 5.92 Å². The highest BCUT2D eigenvalue weighted by Crippen LogP contribution is 2.18. The van der Waals surface area contributed by atoms with Gasteiger partial charge in [-0.15, -0.1) is 0 Å². The average molecular weight is 419 g/mol. The largest absolute Gasteiger partial charge is 0.332 e. The third-order valence-corrected chi connectivity index (χ3v) is 4.53. The zero-order chi connectivity index (χ0) is 18.4. The first-order chi connectivity index (χ1) is 11.8. The predicted molar refractivity (Wildman–Crippen MR) is 112 cm³/mol. The maximum Gasteiger partial charge on any atom is 0.233 e. The Kier molecular flexibility index (Phi) is 7.14. The normalized spacial score (nSPS) is 11.9. The molecule has 2 aromatic carbocycles. The molecule has 0 bridgehead atoms. The molecule has 1 amide bonds. The standard InChI is InChI=1S/C20H23BrN2OS/c1-13(2)11-15-7-9-16(10-8-15)14(3)19(24)23-20(25)22-18-6-4-5-17(21)12-18/h4-10,12-14H,11H2,1-3H3,(H2,22,23,24,25). The summed E-state index contributed by atoms with van der Waals surface area (Å²) in [5, 5.41) is 6.08. The first-order valence-corrected chi connectivity index (χ1v) is 9.51. The van der Waals surface area contributed by atoms with E-state index in [4.69, 9.17) is 12.2 Å². The van der Waals surface area contributed by atoms with Crippen molar-refractivity contribution in [3.05, 3.63) is 64.1 Å². The van der Waals surface area contributed by atoms with Crippen LogP contribution in [-0.4, -0.2) is 11.0 Å². The monoisotopic (exact) mass is 418 g/mol. The smallest absolute Gasteiger partial charge is 0.233 e. The lowest BCUT2D eigenvalue weighted by molar-refractivity contribution is -0.120. The van der Waals surface area contributed by atoms with Gasteiger partial charge < -0.3 is 10.6 Å². The Morgan fingerprint density at radius 1 is 1.12 bits per heavy atom. The van der Waals surface area contributed by atoms with Gasteiger partial charge in [-0.25, -0.2) is 0 Å². The average Bonchev–Trinajstić information content (AvgIpc) is 2.54. The number of rotatable bonds is 5. The molecule has 0 heterocycles. The summed E-state index contributed by atoms with van der Waals surface area (Å²) in [5.41, 5.74) is 3.10. The molecule has 0 saturated heterocycles. The van der Waals surface area contributed by atoms with Crippen LogP contribution in [0.25, 0.3) is 0 Å². The lowest BCUT2D eigenvalue weighted by Crippen LogP contribution is -2.36. The molecule has 0 radical (unpaired) electrons. The van der Waals surface area contributed by atoms with Crippen LogP contribution in [0.3, 0.4) is 0 Å². The molecule has 3 nitrogen and oxygen atoms in total. The van der Waals surface area contributed by atoms with Crippen LogP contribution < -0.4 is 10.6 Å². The number of thiocarbonyl (C=S) groups is 1. The minimum Gasteiger partial charge on any atom is -0.332 e. The number of halogens is 1. The van der Waals surface area contributed by atoms with E-state index in [1.165, 1.54) is 5.56 Å². The Labute approximate surface area is 163 Å². The van der Waals surface area contributed by atoms with Crippen molar-refractivity contribution in [1.82, 2.24) is 5.32 Å². The fraction of sp³-hybridized carbons (Fsp3) is 0.300. The second-order valence-corrected chi connectivity index (χ2v) is 7.84. The van der Waals surface area contributed by atoms with Gasteiger partial charge in [-0.3, -0.25) is 4.79 Å². The molecule has 0 aliphatic carbocycles. The first-order valence-electron chi connectivity index (χ1n) is 8.31. The maximum absolute atomic E-state index is 12.4. The molecule has 2 N–H and O–H groups in total. The zero-order valence-corrected chi connectivity index (χ0v) is 17.1. The second-order valence-electron chi connectivity index (χ2n) is 6.51. The zero-order valence-electron chi connectivity index (χ0n) is 14.7. The van der Waals surface area contributed by atoms with Gasteiger partial charge in [0.05, 0.1) is 5.92 Å². The number of hydrogen-bond donors (Lipinski definition) is 2. The van der Waals surface area contributed by atoms with E-state index in [0.717, 1.165) is 22.1 Å². The Hall–Kier alpha value is -1.72. The Morgan fingerprint density at radius 2 is 1.80 bits per heavy atom. The van der Waals surface area contributed by atoms with Crippen molar-refractivity contribution in [2.75, 3.05) is 5.32 Å². The van der Waals surface area contributed by atoms with Gasteiger partial charge >= 0.3 is 0 Å². The highest BCUT2D eigenvalue weighted by molar-refractivity contribution is 9.10. The van der Waals surface area contributed by atoms with E-state index < -0.39 is 0 Å². The molecular formula is C20H23BrN2OS. The molecule has 0 saturated carbocycles. The van der Waals surface area contributed by atoms with Gasteiger partial charge in [0.2, 0.25) is 5.91 Å². The fourth-order valence-electron chi connectivity index (χ4n) is 2.51. The van der Waals surface area contributed by atoms with Crippen LogP contribution in [-0.2, 0) is 11.2 Å². The van der Waals surface area contributed by atoms with Crippen LogP contribution in [0.2, 0.25) is 0 Å². The molecule has 1 unspecified atom stereocenters. The minimum absolute atomic E-state index is 0.121. The third kappa shape index (κ3) is 6.25. The van der Waals surface area contributed by atoms with Crippen molar-refractivity contribution in [3.8, 4) is 0 Å². The van der Waals surface area contributed by atoms with Crippen LogP contribution in [0.1, 0.15) is 37.8 Å². The Morgan fingerprint density at radius 3 is 2.40 bits per heavy atom. The van der Waals surface area contributed by atoms with Crippen LogP contribution in [0.4, 0.5) is 5.69 Å². The number of amides is 1.